The van der Waals surface area contributed by atoms with E-state index < -0.39 is 0 Å². The number of aryl methyl sites for hydroxylation is 1. The Hall–Kier alpha value is -1.88. The second-order valence-corrected chi connectivity index (χ2v) is 5.41. The van der Waals surface area contributed by atoms with Crippen LogP contribution in [-0.2, 0) is 6.42 Å². The van der Waals surface area contributed by atoms with Crippen molar-refractivity contribution < 1.29 is 9.15 Å². The fourth-order valence-electron chi connectivity index (χ4n) is 1.84. The maximum Gasteiger partial charge on any atom is 0.200 e. The molecule has 0 aliphatic rings. The zero-order valence-electron chi connectivity index (χ0n) is 11.0. The van der Waals surface area contributed by atoms with Gasteiger partial charge in [0.1, 0.15) is 5.75 Å². The normalized spacial score (nSPS) is 10.9. The summed E-state index contributed by atoms with van der Waals surface area (Å²) < 4.78 is 12.2. The van der Waals surface area contributed by atoms with Gasteiger partial charge in [-0.05, 0) is 35.0 Å². The molecule has 1 aromatic carbocycles. The lowest BCUT2D eigenvalue weighted by molar-refractivity contribution is 0.308. The van der Waals surface area contributed by atoms with Crippen molar-refractivity contribution in [2.45, 2.75) is 13.3 Å². The Labute approximate surface area is 124 Å². The minimum atomic E-state index is 0.525. The molecule has 0 saturated heterocycles. The predicted octanol–water partition coefficient (Wildman–Crippen LogP) is 3.92. The molecule has 2 aromatic heterocycles. The van der Waals surface area contributed by atoms with Gasteiger partial charge >= 0.3 is 0 Å². The van der Waals surface area contributed by atoms with E-state index in [0.717, 1.165) is 10.2 Å². The lowest BCUT2D eigenvalue weighted by Gasteiger charge is -2.04. The third kappa shape index (κ3) is 2.99. The molecule has 0 atom stereocenters. The molecule has 0 radical (unpaired) electrons. The van der Waals surface area contributed by atoms with E-state index in [0.29, 0.717) is 30.1 Å². The summed E-state index contributed by atoms with van der Waals surface area (Å²) in [6.07, 6.45) is 2.32. The molecule has 3 aromatic rings. The standard InChI is InChI=1S/C15H13BrN2O2/c1-10-2-4-12(5-3-10)19-7-6-14-18-15-13(20-14)8-11(16)9-17-15/h2-5,8-9H,6-7H2,1H3. The van der Waals surface area contributed by atoms with Crippen molar-refractivity contribution >= 4 is 27.2 Å². The largest absolute Gasteiger partial charge is 0.493 e. The molecule has 0 aliphatic heterocycles. The van der Waals surface area contributed by atoms with Crippen LogP contribution in [0.25, 0.3) is 11.2 Å². The maximum absolute atomic E-state index is 5.65. The second kappa shape index (κ2) is 5.63. The molecule has 0 aliphatic carbocycles. The number of aromatic nitrogens is 2. The monoisotopic (exact) mass is 332 g/mol. The molecular weight excluding hydrogens is 320 g/mol. The molecule has 5 heteroatoms. The summed E-state index contributed by atoms with van der Waals surface area (Å²) in [4.78, 5) is 8.51. The van der Waals surface area contributed by atoms with Crippen LogP contribution >= 0.6 is 15.9 Å². The number of hydrogen-bond acceptors (Lipinski definition) is 4. The number of ether oxygens (including phenoxy) is 1. The number of pyridine rings is 1. The molecule has 0 N–H and O–H groups in total. The Balaban J connectivity index is 1.63. The highest BCUT2D eigenvalue weighted by molar-refractivity contribution is 9.10. The van der Waals surface area contributed by atoms with Gasteiger partial charge in [-0.1, -0.05) is 17.7 Å². The Morgan fingerprint density at radius 3 is 2.85 bits per heavy atom. The molecule has 102 valence electrons. The molecule has 20 heavy (non-hydrogen) atoms. The highest BCUT2D eigenvalue weighted by Crippen LogP contribution is 2.18. The van der Waals surface area contributed by atoms with E-state index >= 15 is 0 Å². The average molecular weight is 333 g/mol. The Bertz CT molecular complexity index is 722. The summed E-state index contributed by atoms with van der Waals surface area (Å²) in [6.45, 7) is 2.57. The van der Waals surface area contributed by atoms with E-state index in [9.17, 15) is 0 Å². The topological polar surface area (TPSA) is 48.2 Å². The zero-order chi connectivity index (χ0) is 13.9. The van der Waals surface area contributed by atoms with Gasteiger partial charge in [-0.3, -0.25) is 0 Å². The molecule has 0 fully saturated rings. The molecule has 0 spiro atoms. The SMILES string of the molecule is Cc1ccc(OCCc2nc3ncc(Br)cc3o2)cc1. The van der Waals surface area contributed by atoms with Gasteiger partial charge < -0.3 is 9.15 Å². The van der Waals surface area contributed by atoms with Crippen LogP contribution in [0.2, 0.25) is 0 Å². The van der Waals surface area contributed by atoms with E-state index in [1.165, 1.54) is 5.56 Å². The van der Waals surface area contributed by atoms with E-state index in [2.05, 4.69) is 25.9 Å². The van der Waals surface area contributed by atoms with Gasteiger partial charge in [0.2, 0.25) is 0 Å². The average Bonchev–Trinajstić information content (AvgIpc) is 2.83. The minimum absolute atomic E-state index is 0.525. The van der Waals surface area contributed by atoms with Crippen LogP contribution in [0.3, 0.4) is 0 Å². The van der Waals surface area contributed by atoms with Crippen LogP contribution in [0.1, 0.15) is 11.5 Å². The first kappa shape index (κ1) is 13.1. The fourth-order valence-corrected chi connectivity index (χ4v) is 2.15. The Kier molecular flexibility index (Phi) is 3.69. The van der Waals surface area contributed by atoms with E-state index in [1.807, 2.05) is 37.3 Å². The second-order valence-electron chi connectivity index (χ2n) is 4.49. The van der Waals surface area contributed by atoms with Gasteiger partial charge in [-0.15, -0.1) is 0 Å². The summed E-state index contributed by atoms with van der Waals surface area (Å²) in [5.74, 6) is 1.49. The van der Waals surface area contributed by atoms with Gasteiger partial charge in [-0.2, -0.15) is 4.98 Å². The number of fused-ring (bicyclic) bond motifs is 1. The lowest BCUT2D eigenvalue weighted by atomic mass is 10.2. The van der Waals surface area contributed by atoms with Gasteiger partial charge in [0.25, 0.3) is 0 Å². The maximum atomic E-state index is 5.65. The van der Waals surface area contributed by atoms with Crippen molar-refractivity contribution in [2.75, 3.05) is 6.61 Å². The number of rotatable bonds is 4. The van der Waals surface area contributed by atoms with Crippen molar-refractivity contribution in [3.63, 3.8) is 0 Å². The minimum Gasteiger partial charge on any atom is -0.493 e. The fraction of sp³-hybridized carbons (Fsp3) is 0.200. The first-order valence-electron chi connectivity index (χ1n) is 6.31. The molecule has 0 saturated carbocycles. The summed E-state index contributed by atoms with van der Waals surface area (Å²) in [6, 6.07) is 9.83. The van der Waals surface area contributed by atoms with E-state index in [1.54, 1.807) is 6.20 Å². The van der Waals surface area contributed by atoms with Crippen molar-refractivity contribution in [1.29, 1.82) is 0 Å². The first-order valence-corrected chi connectivity index (χ1v) is 7.10. The van der Waals surface area contributed by atoms with Gasteiger partial charge in [-0.25, -0.2) is 4.98 Å². The molecule has 4 nitrogen and oxygen atoms in total. The van der Waals surface area contributed by atoms with Gasteiger partial charge in [0.15, 0.2) is 17.1 Å². The van der Waals surface area contributed by atoms with Gasteiger partial charge in [0.05, 0.1) is 13.0 Å². The van der Waals surface area contributed by atoms with Crippen LogP contribution in [0.5, 0.6) is 5.75 Å². The molecule has 0 amide bonds. The Morgan fingerprint density at radius 2 is 2.05 bits per heavy atom. The number of halogens is 1. The van der Waals surface area contributed by atoms with E-state index in [4.69, 9.17) is 9.15 Å². The van der Waals surface area contributed by atoms with Crippen LogP contribution < -0.4 is 4.74 Å². The number of hydrogen-bond donors (Lipinski definition) is 0. The third-order valence-electron chi connectivity index (χ3n) is 2.86. The lowest BCUT2D eigenvalue weighted by Crippen LogP contribution is -2.01. The van der Waals surface area contributed by atoms with Crippen molar-refractivity contribution in [3.05, 3.63) is 52.5 Å². The van der Waals surface area contributed by atoms with Crippen LogP contribution in [-0.4, -0.2) is 16.6 Å². The molecular formula is C15H13BrN2O2. The first-order chi connectivity index (χ1) is 9.70. The van der Waals surface area contributed by atoms with Crippen molar-refractivity contribution in [1.82, 2.24) is 9.97 Å². The summed E-state index contributed by atoms with van der Waals surface area (Å²) in [7, 11) is 0. The molecule has 0 unspecified atom stereocenters. The third-order valence-corrected chi connectivity index (χ3v) is 3.30. The number of benzene rings is 1. The molecule has 0 bridgehead atoms. The zero-order valence-corrected chi connectivity index (χ0v) is 12.6. The van der Waals surface area contributed by atoms with Gasteiger partial charge in [0, 0.05) is 16.7 Å². The number of oxazole rings is 1. The predicted molar refractivity (Wildman–Crippen MR) is 79.9 cm³/mol. The summed E-state index contributed by atoms with van der Waals surface area (Å²) in [5, 5.41) is 0. The van der Waals surface area contributed by atoms with Crippen LogP contribution in [0, 0.1) is 6.92 Å². The molecule has 2 heterocycles. The molecule has 3 rings (SSSR count). The van der Waals surface area contributed by atoms with Crippen LogP contribution in [0.4, 0.5) is 0 Å². The summed E-state index contributed by atoms with van der Waals surface area (Å²) in [5.41, 5.74) is 2.52. The van der Waals surface area contributed by atoms with Crippen molar-refractivity contribution in [2.24, 2.45) is 0 Å². The quantitative estimate of drug-likeness (QED) is 0.726. The Morgan fingerprint density at radius 1 is 1.25 bits per heavy atom. The smallest absolute Gasteiger partial charge is 0.200 e. The highest BCUT2D eigenvalue weighted by atomic mass is 79.9. The van der Waals surface area contributed by atoms with Crippen LogP contribution in [0.15, 0.2) is 45.4 Å². The summed E-state index contributed by atoms with van der Waals surface area (Å²) >= 11 is 3.36. The van der Waals surface area contributed by atoms with E-state index in [-0.39, 0.29) is 0 Å². The number of nitrogens with zero attached hydrogens (tertiary/aromatic N) is 2. The van der Waals surface area contributed by atoms with Crippen molar-refractivity contribution in [3.8, 4) is 5.75 Å². The highest BCUT2D eigenvalue weighted by Gasteiger charge is 2.07.